The summed E-state index contributed by atoms with van der Waals surface area (Å²) in [5.41, 5.74) is 6.50. The van der Waals surface area contributed by atoms with Crippen molar-refractivity contribution in [1.29, 1.82) is 0 Å². The van der Waals surface area contributed by atoms with Gasteiger partial charge < -0.3 is 5.32 Å². The van der Waals surface area contributed by atoms with E-state index in [1.165, 1.54) is 62.1 Å². The summed E-state index contributed by atoms with van der Waals surface area (Å²) in [6.45, 7) is 12.9. The van der Waals surface area contributed by atoms with Gasteiger partial charge in [-0.1, -0.05) is 17.7 Å². The van der Waals surface area contributed by atoms with E-state index in [-0.39, 0.29) is 12.4 Å². The molecule has 2 fully saturated rings. The average molecular weight is 309 g/mol. The zero-order valence-corrected chi connectivity index (χ0v) is 14.5. The van der Waals surface area contributed by atoms with Crippen LogP contribution in [0.4, 0.5) is 0 Å². The van der Waals surface area contributed by atoms with Gasteiger partial charge in [0.25, 0.3) is 0 Å². The fraction of sp³-hybridized carbons (Fsp3) is 0.667. The number of hydrogen-bond donors (Lipinski definition) is 1. The first kappa shape index (κ1) is 16.8. The standard InChI is InChI=1S/C18H28N2.ClH/c1-14-10-15(2)17(16(3)11-14)12-20-9-6-18(13-20)4-7-19-8-5-18;/h10-11,19H,4-9,12-13H2,1-3H3;1H. The summed E-state index contributed by atoms with van der Waals surface area (Å²) in [7, 11) is 0. The van der Waals surface area contributed by atoms with Crippen LogP contribution >= 0.6 is 12.4 Å². The van der Waals surface area contributed by atoms with Gasteiger partial charge in [-0.15, -0.1) is 12.4 Å². The van der Waals surface area contributed by atoms with Gasteiger partial charge in [0.05, 0.1) is 0 Å². The highest BCUT2D eigenvalue weighted by Crippen LogP contribution is 2.39. The van der Waals surface area contributed by atoms with Crippen LogP contribution in [0.3, 0.4) is 0 Å². The van der Waals surface area contributed by atoms with Gasteiger partial charge in [0, 0.05) is 13.1 Å². The summed E-state index contributed by atoms with van der Waals surface area (Å²) in [6, 6.07) is 4.66. The number of nitrogens with one attached hydrogen (secondary N) is 1. The molecule has 2 heterocycles. The third-order valence-corrected chi connectivity index (χ3v) is 5.40. The van der Waals surface area contributed by atoms with Crippen LogP contribution in [0.25, 0.3) is 0 Å². The first-order valence-corrected chi connectivity index (χ1v) is 8.08. The number of hydrogen-bond acceptors (Lipinski definition) is 2. The highest BCUT2D eigenvalue weighted by molar-refractivity contribution is 5.85. The number of halogens is 1. The van der Waals surface area contributed by atoms with Crippen molar-refractivity contribution in [3.8, 4) is 0 Å². The van der Waals surface area contributed by atoms with Gasteiger partial charge in [0.15, 0.2) is 0 Å². The topological polar surface area (TPSA) is 15.3 Å². The molecule has 0 aliphatic carbocycles. The van der Waals surface area contributed by atoms with Crippen LogP contribution in [0, 0.1) is 26.2 Å². The normalized spacial score (nSPS) is 21.5. The van der Waals surface area contributed by atoms with Crippen LogP contribution in [0.15, 0.2) is 12.1 Å². The Balaban J connectivity index is 0.00000161. The predicted octanol–water partition coefficient (Wildman–Crippen LogP) is 3.61. The van der Waals surface area contributed by atoms with Crippen molar-refractivity contribution in [2.75, 3.05) is 26.2 Å². The maximum absolute atomic E-state index is 3.51. The Morgan fingerprint density at radius 2 is 1.67 bits per heavy atom. The molecule has 0 atom stereocenters. The second kappa shape index (κ2) is 6.68. The van der Waals surface area contributed by atoms with Crippen molar-refractivity contribution in [1.82, 2.24) is 10.2 Å². The summed E-state index contributed by atoms with van der Waals surface area (Å²) in [4.78, 5) is 2.69. The van der Waals surface area contributed by atoms with Gasteiger partial charge in [-0.05, 0) is 81.8 Å². The van der Waals surface area contributed by atoms with E-state index in [1.807, 2.05) is 0 Å². The number of rotatable bonds is 2. The SMILES string of the molecule is Cc1cc(C)c(CN2CCC3(CCNCC3)C2)c(C)c1.Cl. The maximum Gasteiger partial charge on any atom is 0.0239 e. The first-order valence-electron chi connectivity index (χ1n) is 8.08. The Bertz CT molecular complexity index is 469. The van der Waals surface area contributed by atoms with Gasteiger partial charge >= 0.3 is 0 Å². The maximum atomic E-state index is 3.51. The molecule has 21 heavy (non-hydrogen) atoms. The highest BCUT2D eigenvalue weighted by Gasteiger charge is 2.38. The lowest BCUT2D eigenvalue weighted by atomic mass is 9.78. The molecule has 1 aromatic rings. The van der Waals surface area contributed by atoms with Crippen LogP contribution in [-0.4, -0.2) is 31.1 Å². The summed E-state index contributed by atoms with van der Waals surface area (Å²) in [5.74, 6) is 0. The van der Waals surface area contributed by atoms with Crippen molar-refractivity contribution < 1.29 is 0 Å². The summed E-state index contributed by atoms with van der Waals surface area (Å²) >= 11 is 0. The van der Waals surface area contributed by atoms with Gasteiger partial charge in [-0.3, -0.25) is 4.90 Å². The molecule has 2 aliphatic heterocycles. The van der Waals surface area contributed by atoms with Gasteiger partial charge in [-0.2, -0.15) is 0 Å². The molecule has 1 spiro atoms. The monoisotopic (exact) mass is 308 g/mol. The third-order valence-electron chi connectivity index (χ3n) is 5.40. The predicted molar refractivity (Wildman–Crippen MR) is 92.3 cm³/mol. The van der Waals surface area contributed by atoms with Crippen molar-refractivity contribution in [3.63, 3.8) is 0 Å². The Labute approximate surface area is 135 Å². The Kier molecular flexibility index (Phi) is 5.34. The first-order chi connectivity index (χ1) is 9.58. The summed E-state index contributed by atoms with van der Waals surface area (Å²) in [5, 5.41) is 3.51. The van der Waals surface area contributed by atoms with Crippen molar-refractivity contribution in [3.05, 3.63) is 34.4 Å². The molecule has 2 saturated heterocycles. The number of aryl methyl sites for hydroxylation is 3. The molecule has 0 aromatic heterocycles. The second-order valence-electron chi connectivity index (χ2n) is 7.09. The molecular weight excluding hydrogens is 280 g/mol. The molecule has 1 N–H and O–H groups in total. The minimum Gasteiger partial charge on any atom is -0.317 e. The van der Waals surface area contributed by atoms with E-state index in [4.69, 9.17) is 0 Å². The van der Waals surface area contributed by atoms with Crippen molar-refractivity contribution in [2.45, 2.75) is 46.6 Å². The quantitative estimate of drug-likeness (QED) is 0.898. The van der Waals surface area contributed by atoms with Gasteiger partial charge in [-0.25, -0.2) is 0 Å². The van der Waals surface area contributed by atoms with Crippen LogP contribution in [0.1, 0.15) is 41.5 Å². The molecule has 1 aromatic carbocycles. The number of benzene rings is 1. The van der Waals surface area contributed by atoms with E-state index in [1.54, 1.807) is 5.56 Å². The van der Waals surface area contributed by atoms with E-state index in [2.05, 4.69) is 43.1 Å². The Hall–Kier alpha value is -0.570. The fourth-order valence-corrected chi connectivity index (χ4v) is 4.21. The highest BCUT2D eigenvalue weighted by atomic mass is 35.5. The van der Waals surface area contributed by atoms with Crippen molar-refractivity contribution >= 4 is 12.4 Å². The fourth-order valence-electron chi connectivity index (χ4n) is 4.21. The van der Waals surface area contributed by atoms with Crippen molar-refractivity contribution in [2.24, 2.45) is 5.41 Å². The third kappa shape index (κ3) is 3.61. The van der Waals surface area contributed by atoms with E-state index >= 15 is 0 Å². The zero-order valence-electron chi connectivity index (χ0n) is 13.7. The lowest BCUT2D eigenvalue weighted by Crippen LogP contribution is -2.38. The minimum absolute atomic E-state index is 0. The second-order valence-corrected chi connectivity index (χ2v) is 7.09. The van der Waals surface area contributed by atoms with E-state index in [9.17, 15) is 0 Å². The average Bonchev–Trinajstić information content (AvgIpc) is 2.77. The van der Waals surface area contributed by atoms with Crippen LogP contribution in [0.2, 0.25) is 0 Å². The van der Waals surface area contributed by atoms with Gasteiger partial charge in [0.1, 0.15) is 0 Å². The van der Waals surface area contributed by atoms with E-state index < -0.39 is 0 Å². The molecule has 3 heteroatoms. The molecule has 118 valence electrons. The Morgan fingerprint density at radius 3 is 2.29 bits per heavy atom. The number of nitrogens with zero attached hydrogens (tertiary/aromatic N) is 1. The van der Waals surface area contributed by atoms with Crippen LogP contribution in [-0.2, 0) is 6.54 Å². The largest absolute Gasteiger partial charge is 0.317 e. The lowest BCUT2D eigenvalue weighted by molar-refractivity contribution is 0.193. The smallest absolute Gasteiger partial charge is 0.0239 e. The number of likely N-dealkylation sites (tertiary alicyclic amines) is 1. The molecule has 0 radical (unpaired) electrons. The van der Waals surface area contributed by atoms with Crippen LogP contribution < -0.4 is 5.32 Å². The van der Waals surface area contributed by atoms with Crippen LogP contribution in [0.5, 0.6) is 0 Å². The molecule has 0 unspecified atom stereocenters. The van der Waals surface area contributed by atoms with E-state index in [0.29, 0.717) is 5.41 Å². The molecule has 2 nitrogen and oxygen atoms in total. The molecule has 2 aliphatic rings. The molecule has 0 amide bonds. The summed E-state index contributed by atoms with van der Waals surface area (Å²) < 4.78 is 0. The molecule has 0 bridgehead atoms. The van der Waals surface area contributed by atoms with E-state index in [0.717, 1.165) is 6.54 Å². The molecule has 0 saturated carbocycles. The minimum atomic E-state index is 0. The Morgan fingerprint density at radius 1 is 1.05 bits per heavy atom. The molecular formula is C18H29ClN2. The summed E-state index contributed by atoms with van der Waals surface area (Å²) in [6.07, 6.45) is 4.14. The molecule has 3 rings (SSSR count). The zero-order chi connectivity index (χ0) is 14.2. The number of piperidine rings is 1. The lowest BCUT2D eigenvalue weighted by Gasteiger charge is -2.34. The van der Waals surface area contributed by atoms with Gasteiger partial charge in [0.2, 0.25) is 0 Å².